The summed E-state index contributed by atoms with van der Waals surface area (Å²) in [7, 11) is 1.78. The third-order valence-electron chi connectivity index (χ3n) is 5.96. The molecular formula is C23H28N2O3. The van der Waals surface area contributed by atoms with E-state index in [2.05, 4.69) is 11.4 Å². The van der Waals surface area contributed by atoms with E-state index in [-0.39, 0.29) is 11.5 Å². The van der Waals surface area contributed by atoms with Crippen molar-refractivity contribution in [3.63, 3.8) is 0 Å². The molecule has 4 rings (SSSR count). The van der Waals surface area contributed by atoms with Crippen LogP contribution < -0.4 is 15.6 Å². The maximum Gasteiger partial charge on any atom is 0.253 e. The van der Waals surface area contributed by atoms with Crippen LogP contribution in [0.3, 0.4) is 0 Å². The molecule has 1 aromatic carbocycles. The van der Waals surface area contributed by atoms with Crippen LogP contribution in [0.15, 0.2) is 29.2 Å². The van der Waals surface area contributed by atoms with E-state index in [0.29, 0.717) is 25.4 Å². The molecule has 1 N–H and O–H groups in total. The summed E-state index contributed by atoms with van der Waals surface area (Å²) in [4.78, 5) is 24.0. The second-order valence-corrected chi connectivity index (χ2v) is 8.20. The third kappa shape index (κ3) is 3.84. The number of rotatable bonds is 4. The summed E-state index contributed by atoms with van der Waals surface area (Å²) in [5, 5.41) is 3.01. The fourth-order valence-corrected chi connectivity index (χ4v) is 4.34. The van der Waals surface area contributed by atoms with Gasteiger partial charge in [0.05, 0.1) is 12.3 Å². The van der Waals surface area contributed by atoms with E-state index in [4.69, 9.17) is 4.74 Å². The van der Waals surface area contributed by atoms with Crippen molar-refractivity contribution < 1.29 is 9.53 Å². The van der Waals surface area contributed by atoms with Gasteiger partial charge in [0.1, 0.15) is 5.75 Å². The van der Waals surface area contributed by atoms with Gasteiger partial charge in [0.2, 0.25) is 5.91 Å². The predicted octanol–water partition coefficient (Wildman–Crippen LogP) is 4.20. The van der Waals surface area contributed by atoms with Gasteiger partial charge in [-0.05, 0) is 67.0 Å². The van der Waals surface area contributed by atoms with Crippen LogP contribution in [0.1, 0.15) is 49.7 Å². The van der Waals surface area contributed by atoms with Crippen molar-refractivity contribution in [2.24, 2.45) is 13.0 Å². The Kier molecular flexibility index (Phi) is 5.25. The monoisotopic (exact) mass is 380 g/mol. The number of anilines is 1. The molecule has 1 aliphatic carbocycles. The lowest BCUT2D eigenvalue weighted by molar-refractivity contribution is -0.116. The number of nitrogens with zero attached hydrogens (tertiary/aromatic N) is 1. The summed E-state index contributed by atoms with van der Waals surface area (Å²) >= 11 is 0. The number of nitrogens with one attached hydrogen (secondary N) is 1. The summed E-state index contributed by atoms with van der Waals surface area (Å²) < 4.78 is 7.87. The lowest BCUT2D eigenvalue weighted by atomic mass is 9.90. The quantitative estimate of drug-likeness (QED) is 0.865. The molecule has 28 heavy (non-hydrogen) atoms. The van der Waals surface area contributed by atoms with Crippen LogP contribution in [0.2, 0.25) is 0 Å². The van der Waals surface area contributed by atoms with Crippen LogP contribution in [0.5, 0.6) is 5.75 Å². The molecule has 1 aromatic heterocycles. The van der Waals surface area contributed by atoms with Crippen molar-refractivity contribution in [1.29, 1.82) is 0 Å². The number of benzene rings is 1. The first-order valence-corrected chi connectivity index (χ1v) is 10.3. The van der Waals surface area contributed by atoms with E-state index in [1.54, 1.807) is 11.6 Å². The zero-order valence-corrected chi connectivity index (χ0v) is 16.7. The van der Waals surface area contributed by atoms with Crippen molar-refractivity contribution in [3.8, 4) is 16.9 Å². The molecule has 1 fully saturated rings. The molecule has 5 nitrogen and oxygen atoms in total. The number of aryl methyl sites for hydroxylation is 3. The van der Waals surface area contributed by atoms with E-state index in [9.17, 15) is 9.59 Å². The Balaban J connectivity index is 1.70. The van der Waals surface area contributed by atoms with Gasteiger partial charge in [-0.2, -0.15) is 0 Å². The fourth-order valence-electron chi connectivity index (χ4n) is 4.34. The van der Waals surface area contributed by atoms with Crippen LogP contribution in [-0.4, -0.2) is 17.1 Å². The predicted molar refractivity (Wildman–Crippen MR) is 111 cm³/mol. The third-order valence-corrected chi connectivity index (χ3v) is 5.96. The van der Waals surface area contributed by atoms with Gasteiger partial charge in [-0.1, -0.05) is 19.3 Å². The maximum absolute atomic E-state index is 12.1. The Labute approximate surface area is 165 Å². The van der Waals surface area contributed by atoms with Crippen LogP contribution in [0, 0.1) is 12.8 Å². The van der Waals surface area contributed by atoms with Gasteiger partial charge < -0.3 is 14.6 Å². The Morgan fingerprint density at radius 1 is 1.07 bits per heavy atom. The van der Waals surface area contributed by atoms with Crippen LogP contribution in [0.25, 0.3) is 11.1 Å². The first-order chi connectivity index (χ1) is 13.5. The molecule has 2 aromatic rings. The highest BCUT2D eigenvalue weighted by Crippen LogP contribution is 2.38. The maximum atomic E-state index is 12.1. The van der Waals surface area contributed by atoms with E-state index in [0.717, 1.165) is 33.7 Å². The minimum atomic E-state index is 0.0164. The molecule has 0 radical (unpaired) electrons. The fraction of sp³-hybridized carbons (Fsp3) is 0.478. The molecule has 1 saturated carbocycles. The first-order valence-electron chi connectivity index (χ1n) is 10.3. The first kappa shape index (κ1) is 18.8. The standard InChI is InChI=1S/C23H28N2O3/c1-15-10-19(13-25(2)23(15)27)18-11-17-8-9-21(26)24-22(17)20(12-18)28-14-16-6-4-3-5-7-16/h10-13,16H,3-9,14H2,1-2H3,(H,24,26). The van der Waals surface area contributed by atoms with Crippen LogP contribution >= 0.6 is 0 Å². The molecule has 1 amide bonds. The molecule has 0 bridgehead atoms. The highest BCUT2D eigenvalue weighted by molar-refractivity contribution is 5.96. The Morgan fingerprint density at radius 3 is 2.61 bits per heavy atom. The van der Waals surface area contributed by atoms with Crippen LogP contribution in [-0.2, 0) is 18.3 Å². The summed E-state index contributed by atoms with van der Waals surface area (Å²) in [6.45, 7) is 2.53. The van der Waals surface area contributed by atoms with Gasteiger partial charge in [-0.25, -0.2) is 0 Å². The highest BCUT2D eigenvalue weighted by Gasteiger charge is 2.22. The van der Waals surface area contributed by atoms with E-state index >= 15 is 0 Å². The van der Waals surface area contributed by atoms with E-state index < -0.39 is 0 Å². The Bertz CT molecular complexity index is 929. The second-order valence-electron chi connectivity index (χ2n) is 8.20. The molecule has 2 heterocycles. The number of carbonyl (C=O) groups excluding carboxylic acids is 1. The Morgan fingerprint density at radius 2 is 1.86 bits per heavy atom. The average molecular weight is 380 g/mol. The van der Waals surface area contributed by atoms with Gasteiger partial charge in [0.25, 0.3) is 5.56 Å². The van der Waals surface area contributed by atoms with Gasteiger partial charge in [-0.15, -0.1) is 0 Å². The lowest BCUT2D eigenvalue weighted by Crippen LogP contribution is -2.21. The molecule has 1 aliphatic heterocycles. The van der Waals surface area contributed by atoms with Gasteiger partial charge in [0, 0.05) is 25.2 Å². The molecule has 0 unspecified atom stereocenters. The lowest BCUT2D eigenvalue weighted by Gasteiger charge is -2.25. The van der Waals surface area contributed by atoms with Crippen molar-refractivity contribution in [1.82, 2.24) is 4.57 Å². The van der Waals surface area contributed by atoms with Gasteiger partial charge in [0.15, 0.2) is 0 Å². The molecule has 0 saturated heterocycles. The molecule has 5 heteroatoms. The number of hydrogen-bond donors (Lipinski definition) is 1. The number of pyridine rings is 1. The minimum Gasteiger partial charge on any atom is -0.491 e. The number of ether oxygens (including phenoxy) is 1. The second kappa shape index (κ2) is 7.82. The van der Waals surface area contributed by atoms with Crippen molar-refractivity contribution >= 4 is 11.6 Å². The molecule has 0 atom stereocenters. The summed E-state index contributed by atoms with van der Waals surface area (Å²) in [5.41, 5.74) is 4.66. The summed E-state index contributed by atoms with van der Waals surface area (Å²) in [5.74, 6) is 1.38. The van der Waals surface area contributed by atoms with Gasteiger partial charge >= 0.3 is 0 Å². The number of hydrogen-bond acceptors (Lipinski definition) is 3. The summed E-state index contributed by atoms with van der Waals surface area (Å²) in [6, 6.07) is 6.05. The molecule has 148 valence electrons. The van der Waals surface area contributed by atoms with Gasteiger partial charge in [-0.3, -0.25) is 9.59 Å². The molecular weight excluding hydrogens is 352 g/mol. The zero-order valence-electron chi connectivity index (χ0n) is 16.7. The molecule has 0 spiro atoms. The number of carbonyl (C=O) groups is 1. The zero-order chi connectivity index (χ0) is 19.7. The smallest absolute Gasteiger partial charge is 0.253 e. The van der Waals surface area contributed by atoms with Crippen molar-refractivity contribution in [3.05, 3.63) is 45.9 Å². The minimum absolute atomic E-state index is 0.0164. The number of aromatic nitrogens is 1. The number of fused-ring (bicyclic) bond motifs is 1. The van der Waals surface area contributed by atoms with Crippen molar-refractivity contribution in [2.75, 3.05) is 11.9 Å². The largest absolute Gasteiger partial charge is 0.491 e. The van der Waals surface area contributed by atoms with E-state index in [1.807, 2.05) is 25.3 Å². The SMILES string of the molecule is Cc1cc(-c2cc3c(c(OCC4CCCCC4)c2)NC(=O)CC3)cn(C)c1=O. The normalized spacial score (nSPS) is 17.1. The van der Waals surface area contributed by atoms with Crippen LogP contribution in [0.4, 0.5) is 5.69 Å². The summed E-state index contributed by atoms with van der Waals surface area (Å²) in [6.07, 6.45) is 9.38. The number of amides is 1. The van der Waals surface area contributed by atoms with E-state index in [1.165, 1.54) is 32.1 Å². The molecule has 2 aliphatic rings. The van der Waals surface area contributed by atoms with Crippen molar-refractivity contribution in [2.45, 2.75) is 51.9 Å². The highest BCUT2D eigenvalue weighted by atomic mass is 16.5. The topological polar surface area (TPSA) is 60.3 Å². The Hall–Kier alpha value is -2.56. The average Bonchev–Trinajstić information content (AvgIpc) is 2.70.